The lowest BCUT2D eigenvalue weighted by atomic mass is 10.0. The molecule has 2 rings (SSSR count). The largest absolute Gasteiger partial charge is 0.489 e. The van der Waals surface area contributed by atoms with Gasteiger partial charge in [-0.1, -0.05) is 44.1 Å². The van der Waals surface area contributed by atoms with Crippen LogP contribution in [0.1, 0.15) is 64.9 Å². The molecule has 2 amide bonds. The average molecular weight is 462 g/mol. The molecule has 3 N–H and O–H groups in total. The Morgan fingerprint density at radius 1 is 1.18 bits per heavy atom. The molecule has 1 aliphatic rings. The summed E-state index contributed by atoms with van der Waals surface area (Å²) in [5.41, 5.74) is 2.18. The number of unbranched alkanes of at least 4 members (excludes halogenated alkanes) is 1. The van der Waals surface area contributed by atoms with Crippen molar-refractivity contribution < 1.29 is 18.7 Å². The molecule has 1 atom stereocenters. The first-order valence-corrected chi connectivity index (χ1v) is 12.3. The molecule has 33 heavy (non-hydrogen) atoms. The zero-order valence-corrected chi connectivity index (χ0v) is 20.3. The minimum atomic E-state index is -0.364. The van der Waals surface area contributed by atoms with E-state index in [0.29, 0.717) is 56.7 Å². The van der Waals surface area contributed by atoms with E-state index in [0.717, 1.165) is 18.4 Å². The van der Waals surface area contributed by atoms with Gasteiger partial charge in [-0.15, -0.1) is 0 Å². The topological polar surface area (TPSA) is 79.5 Å². The minimum Gasteiger partial charge on any atom is -0.489 e. The van der Waals surface area contributed by atoms with Crippen LogP contribution in [-0.2, 0) is 16.0 Å². The number of hydrogen-bond donors (Lipinski definition) is 3. The number of benzene rings is 1. The molecule has 0 heterocycles. The first kappa shape index (κ1) is 26.8. The van der Waals surface area contributed by atoms with Crippen molar-refractivity contribution in [3.63, 3.8) is 0 Å². The number of hydrogen-bond acceptors (Lipinski definition) is 4. The van der Waals surface area contributed by atoms with Crippen LogP contribution in [0.15, 0.2) is 29.8 Å². The Kier molecular flexibility index (Phi) is 11.9. The zero-order chi connectivity index (χ0) is 24.1. The van der Waals surface area contributed by atoms with Crippen molar-refractivity contribution in [3.8, 4) is 5.75 Å². The Morgan fingerprint density at radius 2 is 1.97 bits per heavy atom. The lowest BCUT2D eigenvalue weighted by Crippen LogP contribution is -2.37. The van der Waals surface area contributed by atoms with Crippen molar-refractivity contribution in [1.82, 2.24) is 16.0 Å². The number of amides is 2. The van der Waals surface area contributed by atoms with Crippen molar-refractivity contribution in [2.24, 2.45) is 5.92 Å². The molecular weight excluding hydrogens is 421 g/mol. The molecule has 1 fully saturated rings. The fraction of sp³-hybridized carbons (Fsp3) is 0.615. The lowest BCUT2D eigenvalue weighted by molar-refractivity contribution is -0.125. The summed E-state index contributed by atoms with van der Waals surface area (Å²) in [5.74, 6) is 0.245. The molecule has 0 saturated heterocycles. The second kappa shape index (κ2) is 14.7. The Balaban J connectivity index is 1.77. The van der Waals surface area contributed by atoms with Crippen LogP contribution in [0.4, 0.5) is 4.39 Å². The third-order valence-corrected chi connectivity index (χ3v) is 5.81. The molecule has 1 unspecified atom stereocenters. The number of para-hydroxylation sites is 1. The second-order valence-electron chi connectivity index (χ2n) is 8.67. The van der Waals surface area contributed by atoms with E-state index < -0.39 is 0 Å². The maximum Gasteiger partial charge on any atom is 0.239 e. The molecule has 0 bridgehead atoms. The lowest BCUT2D eigenvalue weighted by Gasteiger charge is -2.20. The van der Waals surface area contributed by atoms with Crippen molar-refractivity contribution in [1.29, 1.82) is 0 Å². The summed E-state index contributed by atoms with van der Waals surface area (Å²) in [4.78, 5) is 23.0. The van der Waals surface area contributed by atoms with Gasteiger partial charge in [-0.3, -0.25) is 9.59 Å². The Hall–Kier alpha value is -2.41. The molecular formula is C26H40FN3O3. The van der Waals surface area contributed by atoms with Gasteiger partial charge < -0.3 is 20.7 Å². The van der Waals surface area contributed by atoms with Gasteiger partial charge in [-0.2, -0.15) is 0 Å². The van der Waals surface area contributed by atoms with Crippen LogP contribution in [0.3, 0.4) is 0 Å². The van der Waals surface area contributed by atoms with Crippen molar-refractivity contribution in [2.75, 3.05) is 26.2 Å². The quantitative estimate of drug-likeness (QED) is 0.258. The highest BCUT2D eigenvalue weighted by molar-refractivity contribution is 5.84. The summed E-state index contributed by atoms with van der Waals surface area (Å²) >= 11 is 0. The first-order chi connectivity index (χ1) is 16.0. The van der Waals surface area contributed by atoms with Crippen molar-refractivity contribution in [2.45, 2.75) is 71.8 Å². The van der Waals surface area contributed by atoms with Crippen LogP contribution in [0.5, 0.6) is 5.75 Å². The van der Waals surface area contributed by atoms with Crippen LogP contribution in [0, 0.1) is 11.7 Å². The predicted molar refractivity (Wildman–Crippen MR) is 130 cm³/mol. The Labute approximate surface area is 197 Å². The fourth-order valence-electron chi connectivity index (χ4n) is 3.78. The molecule has 1 saturated carbocycles. The van der Waals surface area contributed by atoms with Crippen LogP contribution in [-0.4, -0.2) is 44.1 Å². The summed E-state index contributed by atoms with van der Waals surface area (Å²) in [7, 11) is 0. The van der Waals surface area contributed by atoms with Crippen LogP contribution >= 0.6 is 0 Å². The number of rotatable bonds is 16. The summed E-state index contributed by atoms with van der Waals surface area (Å²) in [6.45, 7) is 7.59. The molecule has 0 spiro atoms. The third-order valence-electron chi connectivity index (χ3n) is 5.81. The summed E-state index contributed by atoms with van der Waals surface area (Å²) in [5, 5.41) is 8.91. The molecule has 184 valence electrons. The number of halogens is 1. The predicted octanol–water partition coefficient (Wildman–Crippen LogP) is 3.89. The van der Waals surface area contributed by atoms with Gasteiger partial charge in [0.15, 0.2) is 11.6 Å². The maximum atomic E-state index is 14.4. The molecule has 7 heteroatoms. The van der Waals surface area contributed by atoms with E-state index in [4.69, 9.17) is 4.74 Å². The molecule has 0 radical (unpaired) electrons. The Morgan fingerprint density at radius 3 is 2.67 bits per heavy atom. The number of allylic oxidation sites excluding steroid dienone is 1. The smallest absolute Gasteiger partial charge is 0.239 e. The highest BCUT2D eigenvalue weighted by atomic mass is 19.1. The van der Waals surface area contributed by atoms with E-state index in [1.165, 1.54) is 24.5 Å². The van der Waals surface area contributed by atoms with Gasteiger partial charge in [0.2, 0.25) is 11.8 Å². The SMILES string of the molecule is CCC/C=C(/C)C(NCCOc1c(F)cccc1CCCNC(=O)CNC(=O)CC)C1CC1. The van der Waals surface area contributed by atoms with E-state index in [1.54, 1.807) is 13.0 Å². The molecule has 1 aromatic carbocycles. The number of aryl methyl sites for hydroxylation is 1. The van der Waals surface area contributed by atoms with Crippen LogP contribution in [0.25, 0.3) is 0 Å². The second-order valence-corrected chi connectivity index (χ2v) is 8.67. The fourth-order valence-corrected chi connectivity index (χ4v) is 3.78. The number of ether oxygens (including phenoxy) is 1. The van der Waals surface area contributed by atoms with Crippen molar-refractivity contribution >= 4 is 11.8 Å². The number of carbonyl (C=O) groups excluding carboxylic acids is 2. The van der Waals surface area contributed by atoms with E-state index in [9.17, 15) is 14.0 Å². The standard InChI is InChI=1S/C26H40FN3O3/c1-4-6-9-19(3)25(20-13-14-20)29-16-17-33-26-21(10-7-12-22(26)27)11-8-15-28-24(32)18-30-23(31)5-2/h7,9-10,12,20,25,29H,4-6,8,11,13-18H2,1-3H3,(H,28,32)(H,30,31)/b19-9-. The first-order valence-electron chi connectivity index (χ1n) is 12.3. The number of carbonyl (C=O) groups is 2. The van der Waals surface area contributed by atoms with Gasteiger partial charge in [0.1, 0.15) is 6.61 Å². The highest BCUT2D eigenvalue weighted by Gasteiger charge is 2.31. The van der Waals surface area contributed by atoms with Gasteiger partial charge in [0, 0.05) is 25.6 Å². The third kappa shape index (κ3) is 9.95. The molecule has 6 nitrogen and oxygen atoms in total. The van der Waals surface area contributed by atoms with E-state index in [-0.39, 0.29) is 24.2 Å². The van der Waals surface area contributed by atoms with E-state index in [2.05, 4.69) is 35.9 Å². The van der Waals surface area contributed by atoms with Crippen LogP contribution in [0.2, 0.25) is 0 Å². The Bertz CT molecular complexity index is 793. The molecule has 0 aliphatic heterocycles. The average Bonchev–Trinajstić information content (AvgIpc) is 3.65. The molecule has 1 aromatic rings. The zero-order valence-electron chi connectivity index (χ0n) is 20.3. The van der Waals surface area contributed by atoms with E-state index in [1.807, 2.05) is 6.07 Å². The highest BCUT2D eigenvalue weighted by Crippen LogP contribution is 2.35. The summed E-state index contributed by atoms with van der Waals surface area (Å²) in [6, 6.07) is 5.33. The van der Waals surface area contributed by atoms with Gasteiger partial charge in [-0.05, 0) is 56.6 Å². The van der Waals surface area contributed by atoms with Crippen molar-refractivity contribution in [3.05, 3.63) is 41.2 Å². The number of nitrogens with one attached hydrogen (secondary N) is 3. The van der Waals surface area contributed by atoms with Crippen LogP contribution < -0.4 is 20.7 Å². The minimum absolute atomic E-state index is 0.0248. The monoisotopic (exact) mass is 461 g/mol. The maximum absolute atomic E-state index is 14.4. The van der Waals surface area contributed by atoms with Gasteiger partial charge in [0.05, 0.1) is 6.54 Å². The molecule has 1 aliphatic carbocycles. The summed E-state index contributed by atoms with van der Waals surface area (Å²) < 4.78 is 20.3. The van der Waals surface area contributed by atoms with Gasteiger partial charge >= 0.3 is 0 Å². The molecule has 0 aromatic heterocycles. The normalized spacial score (nSPS) is 14.6. The van der Waals surface area contributed by atoms with Gasteiger partial charge in [-0.25, -0.2) is 4.39 Å². The van der Waals surface area contributed by atoms with E-state index >= 15 is 0 Å². The summed E-state index contributed by atoms with van der Waals surface area (Å²) in [6.07, 6.45) is 8.67. The van der Waals surface area contributed by atoms with Gasteiger partial charge in [0.25, 0.3) is 0 Å².